The zero-order valence-corrected chi connectivity index (χ0v) is 11.1. The first-order valence-electron chi connectivity index (χ1n) is 7.18. The molecule has 1 aliphatic rings. The molecule has 2 nitrogen and oxygen atoms in total. The maximum Gasteiger partial charge on any atom is 0.0456 e. The van der Waals surface area contributed by atoms with Crippen LogP contribution in [0.4, 0.5) is 0 Å². The fourth-order valence-electron chi connectivity index (χ4n) is 3.38. The number of para-hydroxylation sites is 1. The molecule has 0 amide bonds. The third-order valence-electron chi connectivity index (χ3n) is 4.23. The van der Waals surface area contributed by atoms with Crippen LogP contribution >= 0.6 is 0 Å². The van der Waals surface area contributed by atoms with Crippen LogP contribution in [-0.2, 0) is 0 Å². The Kier molecular flexibility index (Phi) is 3.37. The Morgan fingerprint density at radius 2 is 2.17 bits per heavy atom. The minimum atomic E-state index is 0.711. The van der Waals surface area contributed by atoms with Crippen LogP contribution in [0.2, 0.25) is 0 Å². The average Bonchev–Trinajstić information content (AvgIpc) is 2.83. The smallest absolute Gasteiger partial charge is 0.0456 e. The summed E-state index contributed by atoms with van der Waals surface area (Å²) in [6.07, 6.45) is 7.54. The molecule has 18 heavy (non-hydrogen) atoms. The van der Waals surface area contributed by atoms with Gasteiger partial charge in [0.05, 0.1) is 0 Å². The quantitative estimate of drug-likeness (QED) is 0.841. The number of aromatic nitrogens is 1. The highest BCUT2D eigenvalue weighted by Gasteiger charge is 2.24. The first-order valence-corrected chi connectivity index (χ1v) is 7.18. The molecule has 2 unspecified atom stereocenters. The lowest BCUT2D eigenvalue weighted by Gasteiger charge is -2.29. The molecule has 1 aromatic heterocycles. The van der Waals surface area contributed by atoms with Crippen molar-refractivity contribution < 1.29 is 0 Å². The minimum absolute atomic E-state index is 0.711. The summed E-state index contributed by atoms with van der Waals surface area (Å²) in [5, 5.41) is 5.03. The van der Waals surface area contributed by atoms with E-state index in [1.807, 2.05) is 0 Å². The molecule has 2 N–H and O–H groups in total. The third-order valence-corrected chi connectivity index (χ3v) is 4.23. The van der Waals surface area contributed by atoms with Crippen LogP contribution in [0.5, 0.6) is 0 Å². The van der Waals surface area contributed by atoms with Crippen molar-refractivity contribution in [2.45, 2.75) is 44.6 Å². The average molecular weight is 242 g/mol. The summed E-state index contributed by atoms with van der Waals surface area (Å²) in [5.74, 6) is 0.721. The normalized spacial score (nSPS) is 24.5. The van der Waals surface area contributed by atoms with E-state index in [1.54, 1.807) is 0 Å². The Labute approximate surface area is 109 Å². The molecule has 1 saturated carbocycles. The Balaban J connectivity index is 1.85. The van der Waals surface area contributed by atoms with Crippen LogP contribution in [0.1, 0.15) is 44.1 Å². The molecular formula is C16H22N2. The van der Waals surface area contributed by atoms with Gasteiger partial charge in [-0.25, -0.2) is 0 Å². The van der Waals surface area contributed by atoms with Crippen molar-refractivity contribution in [1.29, 1.82) is 0 Å². The maximum absolute atomic E-state index is 3.61. The van der Waals surface area contributed by atoms with E-state index in [4.69, 9.17) is 0 Å². The predicted molar refractivity (Wildman–Crippen MR) is 77.0 cm³/mol. The monoisotopic (exact) mass is 242 g/mol. The largest absolute Gasteiger partial charge is 0.361 e. The number of rotatable bonds is 3. The summed E-state index contributed by atoms with van der Waals surface area (Å²) >= 11 is 0. The highest BCUT2D eigenvalue weighted by molar-refractivity contribution is 5.83. The summed E-state index contributed by atoms with van der Waals surface area (Å²) in [6, 6.07) is 9.37. The van der Waals surface area contributed by atoms with Crippen molar-refractivity contribution in [3.8, 4) is 0 Å². The topological polar surface area (TPSA) is 27.8 Å². The van der Waals surface area contributed by atoms with Crippen molar-refractivity contribution in [3.05, 3.63) is 36.0 Å². The summed E-state index contributed by atoms with van der Waals surface area (Å²) in [5.41, 5.74) is 2.80. The van der Waals surface area contributed by atoms with Crippen LogP contribution in [0.25, 0.3) is 10.9 Å². The minimum Gasteiger partial charge on any atom is -0.361 e. The first kappa shape index (κ1) is 11.8. The molecule has 1 heterocycles. The molecule has 0 saturated heterocycles. The van der Waals surface area contributed by atoms with Crippen molar-refractivity contribution in [1.82, 2.24) is 10.3 Å². The molecule has 3 rings (SSSR count). The molecule has 2 heteroatoms. The second-order valence-electron chi connectivity index (χ2n) is 5.41. The van der Waals surface area contributed by atoms with E-state index in [0.29, 0.717) is 6.04 Å². The van der Waals surface area contributed by atoms with Crippen LogP contribution in [0.15, 0.2) is 30.5 Å². The molecule has 96 valence electrons. The zero-order valence-electron chi connectivity index (χ0n) is 11.1. The molecule has 0 radical (unpaired) electrons. The fraction of sp³-hybridized carbons (Fsp3) is 0.500. The number of hydrogen-bond acceptors (Lipinski definition) is 1. The van der Waals surface area contributed by atoms with E-state index in [9.17, 15) is 0 Å². The van der Waals surface area contributed by atoms with Crippen molar-refractivity contribution in [2.75, 3.05) is 6.54 Å². The molecular weight excluding hydrogens is 220 g/mol. The summed E-state index contributed by atoms with van der Waals surface area (Å²) in [7, 11) is 0. The van der Waals surface area contributed by atoms with Gasteiger partial charge in [-0.05, 0) is 43.4 Å². The van der Waals surface area contributed by atoms with Crippen LogP contribution in [0, 0.1) is 0 Å². The van der Waals surface area contributed by atoms with Gasteiger partial charge in [0.2, 0.25) is 0 Å². The first-order chi connectivity index (χ1) is 8.88. The summed E-state index contributed by atoms with van der Waals surface area (Å²) in [6.45, 7) is 3.29. The van der Waals surface area contributed by atoms with E-state index in [2.05, 4.69) is 47.7 Å². The zero-order chi connectivity index (χ0) is 12.4. The number of fused-ring (bicyclic) bond motifs is 1. The SMILES string of the molecule is CCNC1CCCC(c2c[nH]c3ccccc23)C1. The van der Waals surface area contributed by atoms with Crippen molar-refractivity contribution in [3.63, 3.8) is 0 Å². The number of nitrogens with one attached hydrogen (secondary N) is 2. The predicted octanol–water partition coefficient (Wildman–Crippen LogP) is 3.80. The van der Waals surface area contributed by atoms with E-state index >= 15 is 0 Å². The number of aromatic amines is 1. The molecule has 2 aromatic rings. The van der Waals surface area contributed by atoms with Crippen LogP contribution < -0.4 is 5.32 Å². The van der Waals surface area contributed by atoms with E-state index in [0.717, 1.165) is 12.5 Å². The van der Waals surface area contributed by atoms with E-state index in [1.165, 1.54) is 42.1 Å². The van der Waals surface area contributed by atoms with Gasteiger partial charge in [0, 0.05) is 23.1 Å². The fourth-order valence-corrected chi connectivity index (χ4v) is 3.38. The number of hydrogen-bond donors (Lipinski definition) is 2. The van der Waals surface area contributed by atoms with Gasteiger partial charge in [-0.15, -0.1) is 0 Å². The lowest BCUT2D eigenvalue weighted by molar-refractivity contribution is 0.345. The second-order valence-corrected chi connectivity index (χ2v) is 5.41. The standard InChI is InChI=1S/C16H22N2/c1-2-17-13-7-5-6-12(10-13)15-11-18-16-9-4-3-8-14(15)16/h3-4,8-9,11-13,17-18H,2,5-7,10H2,1H3. The Bertz CT molecular complexity index is 513. The van der Waals surface area contributed by atoms with Gasteiger partial charge in [0.15, 0.2) is 0 Å². The van der Waals surface area contributed by atoms with Gasteiger partial charge in [-0.1, -0.05) is 31.5 Å². The Morgan fingerprint density at radius 1 is 1.28 bits per heavy atom. The molecule has 0 bridgehead atoms. The molecule has 0 aliphatic heterocycles. The van der Waals surface area contributed by atoms with Crippen molar-refractivity contribution >= 4 is 10.9 Å². The molecule has 1 aromatic carbocycles. The van der Waals surface area contributed by atoms with Crippen molar-refractivity contribution in [2.24, 2.45) is 0 Å². The number of H-pyrrole nitrogens is 1. The molecule has 0 spiro atoms. The summed E-state index contributed by atoms with van der Waals surface area (Å²) < 4.78 is 0. The molecule has 1 fully saturated rings. The highest BCUT2D eigenvalue weighted by atomic mass is 14.9. The van der Waals surface area contributed by atoms with Gasteiger partial charge < -0.3 is 10.3 Å². The van der Waals surface area contributed by atoms with Gasteiger partial charge in [0.1, 0.15) is 0 Å². The molecule has 1 aliphatic carbocycles. The number of benzene rings is 1. The van der Waals surface area contributed by atoms with Crippen LogP contribution in [-0.4, -0.2) is 17.6 Å². The lowest BCUT2D eigenvalue weighted by atomic mass is 9.81. The molecule has 2 atom stereocenters. The lowest BCUT2D eigenvalue weighted by Crippen LogP contribution is -2.33. The third kappa shape index (κ3) is 2.17. The second kappa shape index (κ2) is 5.15. The van der Waals surface area contributed by atoms with Gasteiger partial charge in [-0.3, -0.25) is 0 Å². The van der Waals surface area contributed by atoms with Gasteiger partial charge in [0.25, 0.3) is 0 Å². The maximum atomic E-state index is 3.61. The Hall–Kier alpha value is -1.28. The van der Waals surface area contributed by atoms with Crippen LogP contribution in [0.3, 0.4) is 0 Å². The Morgan fingerprint density at radius 3 is 3.06 bits per heavy atom. The van der Waals surface area contributed by atoms with E-state index < -0.39 is 0 Å². The van der Waals surface area contributed by atoms with Gasteiger partial charge >= 0.3 is 0 Å². The van der Waals surface area contributed by atoms with E-state index in [-0.39, 0.29) is 0 Å². The summed E-state index contributed by atoms with van der Waals surface area (Å²) in [4.78, 5) is 3.41. The highest BCUT2D eigenvalue weighted by Crippen LogP contribution is 2.36. The van der Waals surface area contributed by atoms with Gasteiger partial charge in [-0.2, -0.15) is 0 Å².